The summed E-state index contributed by atoms with van der Waals surface area (Å²) in [5.41, 5.74) is 0.960. The number of hydrogen-bond donors (Lipinski definition) is 0. The first-order valence-electron chi connectivity index (χ1n) is 7.54. The average molecular weight is 284 g/mol. The Balaban J connectivity index is 1.94. The standard InChI is InChI=1S/C17H20N2O2/c1-13-6-8-15(9-7-13)19-11-10-18(16(20)17(19)21)12-14-4-2-3-5-14/h6-11,14H,2-5,12H2,1H3. The summed E-state index contributed by atoms with van der Waals surface area (Å²) < 4.78 is 3.00. The Bertz CT molecular complexity index is 735. The highest BCUT2D eigenvalue weighted by Crippen LogP contribution is 2.25. The van der Waals surface area contributed by atoms with Crippen molar-refractivity contribution in [2.24, 2.45) is 5.92 Å². The third kappa shape index (κ3) is 2.84. The monoisotopic (exact) mass is 284 g/mol. The lowest BCUT2D eigenvalue weighted by molar-refractivity contribution is 0.445. The number of nitrogens with zero attached hydrogens (tertiary/aromatic N) is 2. The maximum absolute atomic E-state index is 12.3. The van der Waals surface area contributed by atoms with Crippen LogP contribution in [0.25, 0.3) is 5.69 Å². The van der Waals surface area contributed by atoms with E-state index in [9.17, 15) is 9.59 Å². The molecule has 1 saturated carbocycles. The van der Waals surface area contributed by atoms with Crippen LogP contribution >= 0.6 is 0 Å². The maximum Gasteiger partial charge on any atom is 0.320 e. The van der Waals surface area contributed by atoms with Crippen molar-refractivity contribution in [3.8, 4) is 5.69 Å². The molecule has 3 rings (SSSR count). The summed E-state index contributed by atoms with van der Waals surface area (Å²) >= 11 is 0. The molecule has 1 aliphatic carbocycles. The van der Waals surface area contributed by atoms with Gasteiger partial charge in [-0.05, 0) is 37.8 Å². The van der Waals surface area contributed by atoms with Gasteiger partial charge in [-0.3, -0.25) is 14.2 Å². The first-order valence-corrected chi connectivity index (χ1v) is 7.54. The number of aromatic nitrogens is 2. The second-order valence-corrected chi connectivity index (χ2v) is 5.92. The summed E-state index contributed by atoms with van der Waals surface area (Å²) in [5, 5.41) is 0. The van der Waals surface area contributed by atoms with Crippen molar-refractivity contribution in [2.45, 2.75) is 39.2 Å². The lowest BCUT2D eigenvalue weighted by Gasteiger charge is -2.12. The van der Waals surface area contributed by atoms with E-state index in [1.54, 1.807) is 17.0 Å². The lowest BCUT2D eigenvalue weighted by Crippen LogP contribution is -2.40. The molecule has 0 saturated heterocycles. The fourth-order valence-electron chi connectivity index (χ4n) is 3.03. The van der Waals surface area contributed by atoms with Crippen molar-refractivity contribution < 1.29 is 0 Å². The molecular formula is C17H20N2O2. The van der Waals surface area contributed by atoms with Gasteiger partial charge in [-0.25, -0.2) is 0 Å². The highest BCUT2D eigenvalue weighted by molar-refractivity contribution is 5.34. The van der Waals surface area contributed by atoms with Crippen LogP contribution in [0.3, 0.4) is 0 Å². The van der Waals surface area contributed by atoms with Crippen LogP contribution in [0.1, 0.15) is 31.2 Å². The minimum Gasteiger partial charge on any atom is -0.309 e. The van der Waals surface area contributed by atoms with E-state index in [0.717, 1.165) is 24.1 Å². The summed E-state index contributed by atoms with van der Waals surface area (Å²) in [7, 11) is 0. The van der Waals surface area contributed by atoms with Crippen molar-refractivity contribution in [1.82, 2.24) is 9.13 Å². The van der Waals surface area contributed by atoms with Crippen molar-refractivity contribution >= 4 is 0 Å². The molecule has 1 heterocycles. The minimum absolute atomic E-state index is 0.426. The van der Waals surface area contributed by atoms with E-state index in [1.807, 2.05) is 31.2 Å². The van der Waals surface area contributed by atoms with E-state index in [1.165, 1.54) is 17.4 Å². The molecule has 0 N–H and O–H groups in total. The van der Waals surface area contributed by atoms with Crippen LogP contribution in [0.15, 0.2) is 46.2 Å². The molecule has 1 aromatic heterocycles. The quantitative estimate of drug-likeness (QED) is 0.813. The molecule has 0 unspecified atom stereocenters. The molecule has 0 amide bonds. The zero-order chi connectivity index (χ0) is 14.8. The molecule has 4 heteroatoms. The van der Waals surface area contributed by atoms with E-state index in [-0.39, 0.29) is 0 Å². The zero-order valence-corrected chi connectivity index (χ0v) is 12.3. The molecule has 110 valence electrons. The molecule has 0 aliphatic heterocycles. The Morgan fingerprint density at radius 2 is 1.67 bits per heavy atom. The molecule has 4 nitrogen and oxygen atoms in total. The summed E-state index contributed by atoms with van der Waals surface area (Å²) in [5.74, 6) is 0.539. The first-order chi connectivity index (χ1) is 10.1. The van der Waals surface area contributed by atoms with E-state index < -0.39 is 11.1 Å². The van der Waals surface area contributed by atoms with Gasteiger partial charge in [0.25, 0.3) is 0 Å². The minimum atomic E-state index is -0.473. The molecule has 0 radical (unpaired) electrons. The zero-order valence-electron chi connectivity index (χ0n) is 12.3. The van der Waals surface area contributed by atoms with Crippen LogP contribution in [-0.4, -0.2) is 9.13 Å². The van der Waals surface area contributed by atoms with Crippen LogP contribution in [0.2, 0.25) is 0 Å². The van der Waals surface area contributed by atoms with Gasteiger partial charge in [0.05, 0.1) is 0 Å². The number of benzene rings is 1. The van der Waals surface area contributed by atoms with Crippen LogP contribution < -0.4 is 11.1 Å². The second-order valence-electron chi connectivity index (χ2n) is 5.92. The lowest BCUT2D eigenvalue weighted by atomic mass is 10.1. The van der Waals surface area contributed by atoms with Crippen molar-refractivity contribution in [1.29, 1.82) is 0 Å². The van der Waals surface area contributed by atoms with Gasteiger partial charge in [-0.1, -0.05) is 30.5 Å². The van der Waals surface area contributed by atoms with E-state index in [4.69, 9.17) is 0 Å². The van der Waals surface area contributed by atoms with E-state index >= 15 is 0 Å². The van der Waals surface area contributed by atoms with Crippen LogP contribution in [0.5, 0.6) is 0 Å². The SMILES string of the molecule is Cc1ccc(-n2ccn(CC3CCCC3)c(=O)c2=O)cc1. The molecule has 1 aliphatic rings. The first kappa shape index (κ1) is 13.9. The molecule has 0 spiro atoms. The average Bonchev–Trinajstić information content (AvgIpc) is 2.98. The van der Waals surface area contributed by atoms with Crippen molar-refractivity contribution in [2.75, 3.05) is 0 Å². The molecule has 1 aromatic carbocycles. The third-order valence-corrected chi connectivity index (χ3v) is 4.30. The van der Waals surface area contributed by atoms with Gasteiger partial charge in [0.1, 0.15) is 0 Å². The van der Waals surface area contributed by atoms with Crippen molar-refractivity contribution in [3.05, 3.63) is 62.9 Å². The smallest absolute Gasteiger partial charge is 0.309 e. The molecule has 0 bridgehead atoms. The summed E-state index contributed by atoms with van der Waals surface area (Å²) in [6, 6.07) is 7.59. The third-order valence-electron chi connectivity index (χ3n) is 4.30. The number of aryl methyl sites for hydroxylation is 1. The highest BCUT2D eigenvalue weighted by atomic mass is 16.2. The van der Waals surface area contributed by atoms with Gasteiger partial charge in [0.2, 0.25) is 0 Å². The largest absolute Gasteiger partial charge is 0.320 e. The van der Waals surface area contributed by atoms with Crippen LogP contribution in [0.4, 0.5) is 0 Å². The molecular weight excluding hydrogens is 264 g/mol. The van der Waals surface area contributed by atoms with Crippen LogP contribution in [-0.2, 0) is 6.54 Å². The normalized spacial score (nSPS) is 15.5. The topological polar surface area (TPSA) is 44.0 Å². The Hall–Kier alpha value is -2.10. The van der Waals surface area contributed by atoms with E-state index in [0.29, 0.717) is 12.5 Å². The summed E-state index contributed by atoms with van der Waals surface area (Å²) in [6.07, 6.45) is 8.23. The molecule has 21 heavy (non-hydrogen) atoms. The second kappa shape index (κ2) is 5.72. The summed E-state index contributed by atoms with van der Waals surface area (Å²) in [6.45, 7) is 2.66. The molecule has 1 fully saturated rings. The van der Waals surface area contributed by atoms with Gasteiger partial charge in [-0.15, -0.1) is 0 Å². The molecule has 2 aromatic rings. The Morgan fingerprint density at radius 1 is 1.00 bits per heavy atom. The number of hydrogen-bond acceptors (Lipinski definition) is 2. The Morgan fingerprint density at radius 3 is 2.33 bits per heavy atom. The van der Waals surface area contributed by atoms with E-state index in [2.05, 4.69) is 0 Å². The van der Waals surface area contributed by atoms with Gasteiger partial charge >= 0.3 is 11.1 Å². The highest BCUT2D eigenvalue weighted by Gasteiger charge is 2.17. The van der Waals surface area contributed by atoms with Crippen molar-refractivity contribution in [3.63, 3.8) is 0 Å². The van der Waals surface area contributed by atoms with Gasteiger partial charge in [0.15, 0.2) is 0 Å². The van der Waals surface area contributed by atoms with Gasteiger partial charge < -0.3 is 4.57 Å². The Kier molecular flexibility index (Phi) is 3.78. The Labute approximate surface area is 123 Å². The van der Waals surface area contributed by atoms with Crippen LogP contribution in [0, 0.1) is 12.8 Å². The number of rotatable bonds is 3. The predicted molar refractivity (Wildman–Crippen MR) is 83.0 cm³/mol. The molecule has 0 atom stereocenters. The maximum atomic E-state index is 12.3. The van der Waals surface area contributed by atoms with Gasteiger partial charge in [-0.2, -0.15) is 0 Å². The van der Waals surface area contributed by atoms with Gasteiger partial charge in [0, 0.05) is 24.6 Å². The fraction of sp³-hybridized carbons (Fsp3) is 0.412. The predicted octanol–water partition coefficient (Wildman–Crippen LogP) is 2.50. The fourth-order valence-corrected chi connectivity index (χ4v) is 3.03. The summed E-state index contributed by atoms with van der Waals surface area (Å²) in [4.78, 5) is 24.5.